The van der Waals surface area contributed by atoms with Gasteiger partial charge in [-0.2, -0.15) is 5.26 Å². The maximum absolute atomic E-state index is 12.3. The summed E-state index contributed by atoms with van der Waals surface area (Å²) in [6, 6.07) is 11.9. The van der Waals surface area contributed by atoms with Gasteiger partial charge in [0.05, 0.1) is 37.4 Å². The van der Waals surface area contributed by atoms with Crippen LogP contribution in [0.25, 0.3) is 11.6 Å². The molecule has 2 saturated heterocycles. The van der Waals surface area contributed by atoms with E-state index < -0.39 is 0 Å². The molecule has 2 aliphatic heterocycles. The van der Waals surface area contributed by atoms with E-state index in [-0.39, 0.29) is 24.5 Å². The third kappa shape index (κ3) is 7.16. The van der Waals surface area contributed by atoms with Gasteiger partial charge in [0.2, 0.25) is 0 Å². The summed E-state index contributed by atoms with van der Waals surface area (Å²) in [6.45, 7) is 4.13. The lowest BCUT2D eigenvalue weighted by molar-refractivity contribution is -0.151. The Morgan fingerprint density at radius 1 is 1.06 bits per heavy atom. The Bertz CT molecular complexity index is 1080. The summed E-state index contributed by atoms with van der Waals surface area (Å²) >= 11 is 1.66. The number of piperidine rings is 2. The van der Waals surface area contributed by atoms with Crippen LogP contribution < -0.4 is 14.4 Å². The summed E-state index contributed by atoms with van der Waals surface area (Å²) in [7, 11) is 3.18. The van der Waals surface area contributed by atoms with Gasteiger partial charge >= 0.3 is 5.97 Å². The van der Waals surface area contributed by atoms with Crippen LogP contribution in [0.2, 0.25) is 0 Å². The molecule has 0 bridgehead atoms. The van der Waals surface area contributed by atoms with E-state index in [1.165, 1.54) is 24.3 Å². The molecule has 194 valence electrons. The Morgan fingerprint density at radius 2 is 1.78 bits per heavy atom. The van der Waals surface area contributed by atoms with Crippen molar-refractivity contribution in [1.82, 2.24) is 4.90 Å². The number of esters is 1. The number of anilines is 1. The van der Waals surface area contributed by atoms with Crippen LogP contribution in [0.15, 0.2) is 30.3 Å². The smallest absolute Gasteiger partial charge is 0.320 e. The minimum absolute atomic E-state index is 0. The Kier molecular flexibility index (Phi) is 10.5. The van der Waals surface area contributed by atoms with Crippen LogP contribution in [-0.2, 0) is 9.53 Å². The molecule has 0 atom stereocenters. The molecule has 2 aliphatic rings. The maximum atomic E-state index is 12.3. The molecule has 1 aromatic carbocycles. The molecule has 0 unspecified atom stereocenters. The Morgan fingerprint density at radius 3 is 2.44 bits per heavy atom. The van der Waals surface area contributed by atoms with Gasteiger partial charge in [0.25, 0.3) is 0 Å². The summed E-state index contributed by atoms with van der Waals surface area (Å²) in [6.07, 6.45) is 7.19. The van der Waals surface area contributed by atoms with Gasteiger partial charge in [-0.1, -0.05) is 6.42 Å². The Balaban J connectivity index is 0.00000361. The van der Waals surface area contributed by atoms with E-state index in [9.17, 15) is 10.1 Å². The number of thiophene rings is 1. The molecule has 3 heterocycles. The number of rotatable bonds is 8. The predicted molar refractivity (Wildman–Crippen MR) is 146 cm³/mol. The zero-order valence-electron chi connectivity index (χ0n) is 20.9. The fourth-order valence-electron chi connectivity index (χ4n) is 4.63. The topological polar surface area (TPSA) is 75.0 Å². The average molecular weight is 532 g/mol. The van der Waals surface area contributed by atoms with E-state index in [0.717, 1.165) is 49.5 Å². The summed E-state index contributed by atoms with van der Waals surface area (Å²) < 4.78 is 16.4. The summed E-state index contributed by atoms with van der Waals surface area (Å²) in [4.78, 5) is 17.9. The third-order valence-corrected chi connectivity index (χ3v) is 7.66. The first-order valence-corrected chi connectivity index (χ1v) is 13.0. The molecule has 0 spiro atoms. The molecular formula is C27H34ClN3O4S. The van der Waals surface area contributed by atoms with E-state index in [4.69, 9.17) is 14.2 Å². The van der Waals surface area contributed by atoms with Crippen molar-refractivity contribution in [3.05, 3.63) is 40.8 Å². The number of ether oxygens (including phenoxy) is 3. The highest BCUT2D eigenvalue weighted by atomic mass is 35.5. The number of nitrogens with zero attached hydrogens (tertiary/aromatic N) is 3. The Hall–Kier alpha value is -2.73. The first-order valence-electron chi connectivity index (χ1n) is 12.2. The molecule has 1 aromatic heterocycles. The third-order valence-electron chi connectivity index (χ3n) is 6.57. The molecule has 36 heavy (non-hydrogen) atoms. The second-order valence-electron chi connectivity index (χ2n) is 8.93. The number of allylic oxidation sites excluding steroid dienone is 1. The monoisotopic (exact) mass is 531 g/mol. The fourth-order valence-corrected chi connectivity index (χ4v) is 5.64. The molecule has 9 heteroatoms. The molecule has 0 N–H and O–H groups in total. The van der Waals surface area contributed by atoms with Crippen molar-refractivity contribution in [2.75, 3.05) is 51.8 Å². The highest BCUT2D eigenvalue weighted by molar-refractivity contribution is 7.17. The summed E-state index contributed by atoms with van der Waals surface area (Å²) in [5.74, 6) is 1.14. The molecule has 7 nitrogen and oxygen atoms in total. The zero-order chi connectivity index (χ0) is 24.6. The lowest BCUT2D eigenvalue weighted by Crippen LogP contribution is -2.40. The molecule has 0 amide bonds. The molecule has 2 fully saturated rings. The molecule has 2 aromatic rings. The minimum Gasteiger partial charge on any atom is -0.493 e. The van der Waals surface area contributed by atoms with Crippen molar-refractivity contribution in [3.8, 4) is 17.6 Å². The number of likely N-dealkylation sites (tertiary alicyclic amines) is 1. The lowest BCUT2D eigenvalue weighted by atomic mass is 10.1. The Labute approximate surface area is 223 Å². The molecule has 0 radical (unpaired) electrons. The largest absolute Gasteiger partial charge is 0.493 e. The minimum atomic E-state index is -0.0897. The predicted octanol–water partition coefficient (Wildman–Crippen LogP) is 5.25. The zero-order valence-corrected chi connectivity index (χ0v) is 22.5. The van der Waals surface area contributed by atoms with Crippen molar-refractivity contribution >= 4 is 46.4 Å². The lowest BCUT2D eigenvalue weighted by Gasteiger charge is -2.33. The molecule has 0 saturated carbocycles. The van der Waals surface area contributed by atoms with Crippen LogP contribution >= 0.6 is 23.7 Å². The number of methoxy groups -OCH3 is 2. The maximum Gasteiger partial charge on any atom is 0.320 e. The van der Waals surface area contributed by atoms with Crippen LogP contribution in [0.1, 0.15) is 42.5 Å². The van der Waals surface area contributed by atoms with Crippen molar-refractivity contribution in [1.29, 1.82) is 5.26 Å². The van der Waals surface area contributed by atoms with E-state index in [2.05, 4.69) is 21.9 Å². The second kappa shape index (κ2) is 13.5. The number of carbonyl (C=O) groups is 1. The quantitative estimate of drug-likeness (QED) is 0.340. The highest BCUT2D eigenvalue weighted by Gasteiger charge is 2.24. The fraction of sp³-hybridized carbons (Fsp3) is 0.481. The van der Waals surface area contributed by atoms with Gasteiger partial charge < -0.3 is 19.1 Å². The number of halogens is 1. The van der Waals surface area contributed by atoms with Crippen LogP contribution in [0.5, 0.6) is 11.5 Å². The van der Waals surface area contributed by atoms with Gasteiger partial charge in [0, 0.05) is 30.8 Å². The molecule has 0 aliphatic carbocycles. The molecular weight excluding hydrogens is 498 g/mol. The second-order valence-corrected chi connectivity index (χ2v) is 10.0. The van der Waals surface area contributed by atoms with Gasteiger partial charge in [-0.25, -0.2) is 0 Å². The average Bonchev–Trinajstić information content (AvgIpc) is 3.36. The van der Waals surface area contributed by atoms with Gasteiger partial charge in [-0.15, -0.1) is 23.7 Å². The van der Waals surface area contributed by atoms with Crippen LogP contribution in [0.4, 0.5) is 5.00 Å². The van der Waals surface area contributed by atoms with Gasteiger partial charge in [-0.3, -0.25) is 9.69 Å². The summed E-state index contributed by atoms with van der Waals surface area (Å²) in [5.41, 5.74) is 1.35. The van der Waals surface area contributed by atoms with E-state index >= 15 is 0 Å². The number of hydrogen-bond acceptors (Lipinski definition) is 8. The van der Waals surface area contributed by atoms with E-state index in [0.29, 0.717) is 23.6 Å². The van der Waals surface area contributed by atoms with E-state index in [1.54, 1.807) is 25.6 Å². The first-order chi connectivity index (χ1) is 17.1. The van der Waals surface area contributed by atoms with E-state index in [1.807, 2.05) is 30.3 Å². The normalized spacial score (nSPS) is 17.1. The van der Waals surface area contributed by atoms with Crippen LogP contribution in [-0.4, -0.2) is 63.9 Å². The molecule has 4 rings (SSSR count). The standard InChI is InChI=1S/C27H33N3O4S.ClH/c1-32-24-8-6-20(17-25(24)33-2)21(18-28)16-23-7-9-26(35-23)30-14-10-22(11-15-30)34-27(31)19-29-12-4-3-5-13-29;/h6-9,16-17,22H,3-5,10-15,19H2,1-2H3;1H. The highest BCUT2D eigenvalue weighted by Crippen LogP contribution is 2.34. The number of carbonyl (C=O) groups excluding carboxylic acids is 1. The van der Waals surface area contributed by atoms with Crippen molar-refractivity contribution in [2.24, 2.45) is 0 Å². The van der Waals surface area contributed by atoms with Gasteiger partial charge in [0.15, 0.2) is 11.5 Å². The summed E-state index contributed by atoms with van der Waals surface area (Å²) in [5, 5.41) is 10.9. The van der Waals surface area contributed by atoms with Crippen molar-refractivity contribution in [3.63, 3.8) is 0 Å². The number of benzene rings is 1. The van der Waals surface area contributed by atoms with Crippen molar-refractivity contribution < 1.29 is 19.0 Å². The number of hydrogen-bond donors (Lipinski definition) is 0. The number of nitriles is 1. The van der Waals surface area contributed by atoms with Crippen LogP contribution in [0, 0.1) is 11.3 Å². The SMILES string of the molecule is COc1ccc(C(C#N)=Cc2ccc(N3CCC(OC(=O)CN4CCCCC4)CC3)s2)cc1OC.Cl. The van der Waals surface area contributed by atoms with Crippen LogP contribution in [0.3, 0.4) is 0 Å². The van der Waals surface area contributed by atoms with Gasteiger partial charge in [0.1, 0.15) is 6.10 Å². The van der Waals surface area contributed by atoms with Gasteiger partial charge in [-0.05, 0) is 67.9 Å². The van der Waals surface area contributed by atoms with Crippen molar-refractivity contribution in [2.45, 2.75) is 38.2 Å². The first kappa shape index (κ1) is 27.9.